The Hall–Kier alpha value is -1.35. The number of benzene rings is 1. The molecule has 2 aromatic rings. The molecule has 1 aromatic carbocycles. The van der Waals surface area contributed by atoms with Crippen LogP contribution < -0.4 is 5.32 Å². The molecule has 74 valence electrons. The van der Waals surface area contributed by atoms with Crippen LogP contribution in [0.4, 0.5) is 0 Å². The zero-order chi connectivity index (χ0) is 9.80. The summed E-state index contributed by atoms with van der Waals surface area (Å²) >= 11 is 0. The van der Waals surface area contributed by atoms with Gasteiger partial charge in [0.25, 0.3) is 0 Å². The first kappa shape index (κ1) is 9.21. The lowest BCUT2D eigenvalue weighted by atomic mass is 10.3. The van der Waals surface area contributed by atoms with Crippen LogP contribution >= 0.6 is 0 Å². The van der Waals surface area contributed by atoms with Crippen LogP contribution in [0.15, 0.2) is 28.7 Å². The third-order valence-electron chi connectivity index (χ3n) is 2.16. The summed E-state index contributed by atoms with van der Waals surface area (Å²) < 4.78 is 5.58. The van der Waals surface area contributed by atoms with Gasteiger partial charge >= 0.3 is 0 Å². The van der Waals surface area contributed by atoms with E-state index in [0.717, 1.165) is 36.4 Å². The minimum atomic E-state index is 0.835. The second-order valence-electron chi connectivity index (χ2n) is 3.28. The van der Waals surface area contributed by atoms with Gasteiger partial charge in [0.05, 0.1) is 0 Å². The fraction of sp³-hybridized carbons (Fsp3) is 0.364. The summed E-state index contributed by atoms with van der Waals surface area (Å²) in [5.41, 5.74) is 1.83. The highest BCUT2D eigenvalue weighted by atomic mass is 16.3. The van der Waals surface area contributed by atoms with Gasteiger partial charge in [0.1, 0.15) is 5.52 Å². The van der Waals surface area contributed by atoms with Crippen LogP contribution in [-0.4, -0.2) is 18.6 Å². The summed E-state index contributed by atoms with van der Waals surface area (Å²) in [5.74, 6) is 0.835. The lowest BCUT2D eigenvalue weighted by Crippen LogP contribution is -2.08. The van der Waals surface area contributed by atoms with Crippen LogP contribution in [-0.2, 0) is 6.42 Å². The maximum atomic E-state index is 5.58. The number of nitrogens with zero attached hydrogens (tertiary/aromatic N) is 1. The molecule has 2 rings (SSSR count). The van der Waals surface area contributed by atoms with Gasteiger partial charge in [-0.05, 0) is 32.1 Å². The first-order valence-electron chi connectivity index (χ1n) is 4.89. The first-order chi connectivity index (χ1) is 6.90. The molecule has 14 heavy (non-hydrogen) atoms. The monoisotopic (exact) mass is 190 g/mol. The Labute approximate surface area is 83.1 Å². The van der Waals surface area contributed by atoms with E-state index in [1.165, 1.54) is 0 Å². The van der Waals surface area contributed by atoms with Crippen molar-refractivity contribution >= 4 is 11.1 Å². The van der Waals surface area contributed by atoms with Gasteiger partial charge in [0.15, 0.2) is 11.5 Å². The molecule has 0 atom stereocenters. The molecule has 3 nitrogen and oxygen atoms in total. The largest absolute Gasteiger partial charge is 0.441 e. The molecule has 0 radical (unpaired) electrons. The van der Waals surface area contributed by atoms with Gasteiger partial charge in [-0.2, -0.15) is 0 Å². The predicted octanol–water partition coefficient (Wildman–Crippen LogP) is 1.98. The van der Waals surface area contributed by atoms with Crippen molar-refractivity contribution in [2.24, 2.45) is 0 Å². The number of hydrogen-bond donors (Lipinski definition) is 1. The number of rotatable bonds is 4. The number of oxazole rings is 1. The smallest absolute Gasteiger partial charge is 0.195 e. The van der Waals surface area contributed by atoms with Crippen LogP contribution in [0.2, 0.25) is 0 Å². The molecule has 0 saturated carbocycles. The Balaban J connectivity index is 2.11. The van der Waals surface area contributed by atoms with Crippen molar-refractivity contribution in [3.63, 3.8) is 0 Å². The van der Waals surface area contributed by atoms with Crippen LogP contribution in [0, 0.1) is 0 Å². The molecular weight excluding hydrogens is 176 g/mol. The minimum Gasteiger partial charge on any atom is -0.441 e. The van der Waals surface area contributed by atoms with Gasteiger partial charge in [-0.25, -0.2) is 4.98 Å². The molecule has 0 unspecified atom stereocenters. The lowest BCUT2D eigenvalue weighted by molar-refractivity contribution is 0.516. The Morgan fingerprint density at radius 2 is 2.21 bits per heavy atom. The number of aryl methyl sites for hydroxylation is 1. The van der Waals surface area contributed by atoms with E-state index >= 15 is 0 Å². The van der Waals surface area contributed by atoms with E-state index in [2.05, 4.69) is 10.3 Å². The van der Waals surface area contributed by atoms with Crippen molar-refractivity contribution in [2.45, 2.75) is 12.8 Å². The highest BCUT2D eigenvalue weighted by Crippen LogP contribution is 2.15. The Kier molecular flexibility index (Phi) is 2.79. The molecule has 0 fully saturated rings. The Bertz CT molecular complexity index is 375. The Morgan fingerprint density at radius 1 is 1.36 bits per heavy atom. The van der Waals surface area contributed by atoms with E-state index < -0.39 is 0 Å². The van der Waals surface area contributed by atoms with Gasteiger partial charge < -0.3 is 9.73 Å². The number of fused-ring (bicyclic) bond motifs is 1. The quantitative estimate of drug-likeness (QED) is 0.749. The van der Waals surface area contributed by atoms with E-state index in [9.17, 15) is 0 Å². The normalized spacial score (nSPS) is 10.9. The maximum Gasteiger partial charge on any atom is 0.195 e. The molecule has 1 aromatic heterocycles. The Morgan fingerprint density at radius 3 is 3.00 bits per heavy atom. The lowest BCUT2D eigenvalue weighted by Gasteiger charge is -1.94. The van der Waals surface area contributed by atoms with E-state index in [0.29, 0.717) is 0 Å². The topological polar surface area (TPSA) is 38.1 Å². The van der Waals surface area contributed by atoms with Crippen LogP contribution in [0.25, 0.3) is 11.1 Å². The SMILES string of the molecule is CNCCCc1nc2ccccc2o1. The first-order valence-corrected chi connectivity index (χ1v) is 4.89. The zero-order valence-corrected chi connectivity index (χ0v) is 8.29. The van der Waals surface area contributed by atoms with Crippen LogP contribution in [0.3, 0.4) is 0 Å². The minimum absolute atomic E-state index is 0.835. The summed E-state index contributed by atoms with van der Waals surface area (Å²) in [6.07, 6.45) is 1.96. The summed E-state index contributed by atoms with van der Waals surface area (Å²) in [5, 5.41) is 3.10. The highest BCUT2D eigenvalue weighted by Gasteiger charge is 2.03. The van der Waals surface area contributed by atoms with E-state index in [-0.39, 0.29) is 0 Å². The maximum absolute atomic E-state index is 5.58. The third-order valence-corrected chi connectivity index (χ3v) is 2.16. The van der Waals surface area contributed by atoms with Gasteiger partial charge in [0.2, 0.25) is 0 Å². The molecule has 0 spiro atoms. The van der Waals surface area contributed by atoms with Crippen LogP contribution in [0.5, 0.6) is 0 Å². The average molecular weight is 190 g/mol. The molecule has 0 aliphatic carbocycles. The summed E-state index contributed by atoms with van der Waals surface area (Å²) in [4.78, 5) is 4.39. The molecule has 1 heterocycles. The van der Waals surface area contributed by atoms with Crippen molar-refractivity contribution in [3.05, 3.63) is 30.2 Å². The standard InChI is InChI=1S/C11H14N2O/c1-12-8-4-7-11-13-9-5-2-3-6-10(9)14-11/h2-3,5-6,12H,4,7-8H2,1H3. The molecule has 0 bridgehead atoms. The predicted molar refractivity (Wildman–Crippen MR) is 56.3 cm³/mol. The summed E-state index contributed by atoms with van der Waals surface area (Å²) in [7, 11) is 1.95. The van der Waals surface area contributed by atoms with Crippen molar-refractivity contribution < 1.29 is 4.42 Å². The van der Waals surface area contributed by atoms with Gasteiger partial charge in [-0.1, -0.05) is 12.1 Å². The summed E-state index contributed by atoms with van der Waals surface area (Å²) in [6, 6.07) is 7.86. The number of nitrogens with one attached hydrogen (secondary N) is 1. The third kappa shape index (κ3) is 1.93. The second-order valence-corrected chi connectivity index (χ2v) is 3.28. The van der Waals surface area contributed by atoms with Gasteiger partial charge in [-0.15, -0.1) is 0 Å². The van der Waals surface area contributed by atoms with Gasteiger partial charge in [0, 0.05) is 6.42 Å². The highest BCUT2D eigenvalue weighted by molar-refractivity contribution is 5.72. The van der Waals surface area contributed by atoms with Crippen molar-refractivity contribution in [3.8, 4) is 0 Å². The van der Waals surface area contributed by atoms with Crippen molar-refractivity contribution in [1.82, 2.24) is 10.3 Å². The number of para-hydroxylation sites is 2. The fourth-order valence-corrected chi connectivity index (χ4v) is 1.44. The van der Waals surface area contributed by atoms with Gasteiger partial charge in [-0.3, -0.25) is 0 Å². The van der Waals surface area contributed by atoms with E-state index in [1.54, 1.807) is 0 Å². The van der Waals surface area contributed by atoms with E-state index in [1.807, 2.05) is 31.3 Å². The zero-order valence-electron chi connectivity index (χ0n) is 8.29. The van der Waals surface area contributed by atoms with E-state index in [4.69, 9.17) is 4.42 Å². The molecular formula is C11H14N2O. The molecule has 0 aliphatic heterocycles. The summed E-state index contributed by atoms with van der Waals surface area (Å²) in [6.45, 7) is 0.999. The van der Waals surface area contributed by atoms with Crippen LogP contribution in [0.1, 0.15) is 12.3 Å². The molecule has 3 heteroatoms. The van der Waals surface area contributed by atoms with Crippen molar-refractivity contribution in [1.29, 1.82) is 0 Å². The van der Waals surface area contributed by atoms with Crippen molar-refractivity contribution in [2.75, 3.05) is 13.6 Å². The number of hydrogen-bond acceptors (Lipinski definition) is 3. The fourth-order valence-electron chi connectivity index (χ4n) is 1.44. The second kappa shape index (κ2) is 4.24. The molecule has 0 aliphatic rings. The molecule has 1 N–H and O–H groups in total. The molecule has 0 saturated heterocycles. The number of aromatic nitrogens is 1. The molecule has 0 amide bonds. The average Bonchev–Trinajstić information content (AvgIpc) is 2.60.